The highest BCUT2D eigenvalue weighted by molar-refractivity contribution is 6.02. The van der Waals surface area contributed by atoms with Gasteiger partial charge in [-0.3, -0.25) is 0 Å². The van der Waals surface area contributed by atoms with Crippen LogP contribution in [0.2, 0.25) is 0 Å². The molecule has 61 heavy (non-hydrogen) atoms. The largest absolute Gasteiger partial charge is 0.309 e. The van der Waals surface area contributed by atoms with Crippen molar-refractivity contribution in [3.63, 3.8) is 0 Å². The second kappa shape index (κ2) is 15.1. The predicted molar refractivity (Wildman–Crippen MR) is 258 cm³/mol. The highest BCUT2D eigenvalue weighted by atomic mass is 15.2. The number of para-hydroxylation sites is 2. The summed E-state index contributed by atoms with van der Waals surface area (Å²) in [6.45, 7) is 2.40. The van der Waals surface area contributed by atoms with E-state index >= 15 is 0 Å². The number of hydrogen-bond acceptors (Lipinski definition) is 1. The minimum absolute atomic E-state index is 0.338. The Hall–Kier alpha value is -7.74. The summed E-state index contributed by atoms with van der Waals surface area (Å²) in [4.78, 5) is 2.53. The first kappa shape index (κ1) is 36.3. The lowest BCUT2D eigenvalue weighted by Gasteiger charge is -2.32. The molecule has 0 N–H and O–H groups in total. The van der Waals surface area contributed by atoms with Crippen molar-refractivity contribution in [3.05, 3.63) is 259 Å². The number of anilines is 3. The van der Waals surface area contributed by atoms with Gasteiger partial charge in [0.25, 0.3) is 0 Å². The molecule has 0 amide bonds. The molecule has 0 fully saturated rings. The van der Waals surface area contributed by atoms with Gasteiger partial charge in [-0.15, -0.1) is 0 Å². The summed E-state index contributed by atoms with van der Waals surface area (Å²) >= 11 is 0. The van der Waals surface area contributed by atoms with Gasteiger partial charge in [-0.1, -0.05) is 218 Å². The number of rotatable bonds is 8. The van der Waals surface area contributed by atoms with Crippen LogP contribution in [-0.4, -0.2) is 0 Å². The average Bonchev–Trinajstić information content (AvgIpc) is 3.61. The summed E-state index contributed by atoms with van der Waals surface area (Å²) in [5.41, 5.74) is 19.0. The van der Waals surface area contributed by atoms with Crippen LogP contribution in [0.5, 0.6) is 0 Å². The molecule has 1 unspecified atom stereocenters. The number of fused-ring (bicyclic) bond motifs is 4. The van der Waals surface area contributed by atoms with Crippen LogP contribution >= 0.6 is 0 Å². The molecule has 0 spiro atoms. The van der Waals surface area contributed by atoms with Gasteiger partial charge >= 0.3 is 0 Å². The molecule has 1 heteroatoms. The maximum Gasteiger partial charge on any atom is 0.0543 e. The third-order valence-corrected chi connectivity index (χ3v) is 12.8. The smallest absolute Gasteiger partial charge is 0.0543 e. The first-order chi connectivity index (χ1) is 30.2. The Morgan fingerprint density at radius 1 is 0.311 bits per heavy atom. The van der Waals surface area contributed by atoms with Gasteiger partial charge in [0.2, 0.25) is 0 Å². The molecule has 0 bridgehead atoms. The van der Waals surface area contributed by atoms with Crippen molar-refractivity contribution in [3.8, 4) is 55.6 Å². The molecule has 10 aromatic carbocycles. The first-order valence-corrected chi connectivity index (χ1v) is 21.2. The normalized spacial score (nSPS) is 14.0. The SMILES string of the molecule is CC1(c2ccccc2)c2ccccc2-c2c(N(c3ccccc3-c3ccc(-c4cccc5ccccc45)cc3)c3ccccc3-c3cccc(-c4ccccc4)c3)cccc21. The monoisotopic (exact) mass is 777 g/mol. The summed E-state index contributed by atoms with van der Waals surface area (Å²) in [6.07, 6.45) is 0. The standard InChI is InChI=1S/C60H43N/c1-60(48-25-6-3-7-26-48)54-32-13-10-30-53(54)59-55(60)33-18-36-58(59)61(57-35-15-12-29-52(57)47-24-16-23-46(41-47)42-19-4-2-5-20-42)56-34-14-11-28-51(56)45-39-37-44(38-40-45)50-31-17-22-43-21-8-9-27-49(43)50/h2-41H,1H3. The fourth-order valence-electron chi connectivity index (χ4n) is 9.81. The molecule has 0 saturated carbocycles. The Kier molecular flexibility index (Phi) is 9.02. The van der Waals surface area contributed by atoms with Gasteiger partial charge in [-0.25, -0.2) is 0 Å². The fraction of sp³-hybridized carbons (Fsp3) is 0.0333. The van der Waals surface area contributed by atoms with Crippen LogP contribution in [0, 0.1) is 0 Å². The van der Waals surface area contributed by atoms with Gasteiger partial charge in [0, 0.05) is 22.1 Å². The van der Waals surface area contributed by atoms with Crippen molar-refractivity contribution >= 4 is 27.8 Å². The third kappa shape index (κ3) is 6.17. The van der Waals surface area contributed by atoms with Crippen molar-refractivity contribution in [2.45, 2.75) is 12.3 Å². The van der Waals surface area contributed by atoms with Crippen LogP contribution in [0.15, 0.2) is 243 Å². The van der Waals surface area contributed by atoms with E-state index in [1.165, 1.54) is 66.4 Å². The fourth-order valence-corrected chi connectivity index (χ4v) is 9.81. The zero-order valence-electron chi connectivity index (χ0n) is 34.0. The van der Waals surface area contributed by atoms with E-state index in [0.717, 1.165) is 33.8 Å². The average molecular weight is 778 g/mol. The van der Waals surface area contributed by atoms with Crippen LogP contribution < -0.4 is 4.90 Å². The van der Waals surface area contributed by atoms with Gasteiger partial charge in [0.15, 0.2) is 0 Å². The van der Waals surface area contributed by atoms with E-state index in [-0.39, 0.29) is 5.41 Å². The number of hydrogen-bond donors (Lipinski definition) is 0. The Labute approximate surface area is 358 Å². The van der Waals surface area contributed by atoms with E-state index in [1.807, 2.05) is 0 Å². The van der Waals surface area contributed by atoms with Crippen molar-refractivity contribution in [1.29, 1.82) is 0 Å². The van der Waals surface area contributed by atoms with Crippen molar-refractivity contribution in [1.82, 2.24) is 0 Å². The Bertz CT molecular complexity index is 3190. The molecule has 1 aliphatic carbocycles. The van der Waals surface area contributed by atoms with Gasteiger partial charge in [0.05, 0.1) is 17.1 Å². The van der Waals surface area contributed by atoms with E-state index in [0.29, 0.717) is 0 Å². The molecule has 0 aromatic heterocycles. The lowest BCUT2D eigenvalue weighted by Crippen LogP contribution is -2.22. The molecule has 288 valence electrons. The van der Waals surface area contributed by atoms with E-state index in [9.17, 15) is 0 Å². The molecule has 11 rings (SSSR count). The summed E-state index contributed by atoms with van der Waals surface area (Å²) in [5.74, 6) is 0. The summed E-state index contributed by atoms with van der Waals surface area (Å²) < 4.78 is 0. The summed E-state index contributed by atoms with van der Waals surface area (Å²) in [6, 6.07) is 88.8. The second-order valence-electron chi connectivity index (χ2n) is 16.2. The second-order valence-corrected chi connectivity index (χ2v) is 16.2. The first-order valence-electron chi connectivity index (χ1n) is 21.2. The molecular weight excluding hydrogens is 735 g/mol. The molecular formula is C60H43N. The van der Waals surface area contributed by atoms with E-state index in [1.54, 1.807) is 0 Å². The minimum atomic E-state index is -0.338. The molecule has 0 heterocycles. The lowest BCUT2D eigenvalue weighted by atomic mass is 9.74. The number of nitrogens with zero attached hydrogens (tertiary/aromatic N) is 1. The predicted octanol–water partition coefficient (Wildman–Crippen LogP) is 16.3. The summed E-state index contributed by atoms with van der Waals surface area (Å²) in [5, 5.41) is 2.51. The van der Waals surface area contributed by atoms with Gasteiger partial charge < -0.3 is 4.90 Å². The molecule has 1 nitrogen and oxygen atoms in total. The molecule has 0 radical (unpaired) electrons. The molecule has 0 aliphatic heterocycles. The Morgan fingerprint density at radius 2 is 0.787 bits per heavy atom. The van der Waals surface area contributed by atoms with Crippen molar-refractivity contribution in [2.24, 2.45) is 0 Å². The molecule has 1 atom stereocenters. The molecule has 0 saturated heterocycles. The summed E-state index contributed by atoms with van der Waals surface area (Å²) in [7, 11) is 0. The zero-order chi connectivity index (χ0) is 40.8. The Morgan fingerprint density at radius 3 is 1.54 bits per heavy atom. The third-order valence-electron chi connectivity index (χ3n) is 12.8. The van der Waals surface area contributed by atoms with E-state index in [4.69, 9.17) is 0 Å². The zero-order valence-corrected chi connectivity index (χ0v) is 34.0. The minimum Gasteiger partial charge on any atom is -0.309 e. The van der Waals surface area contributed by atoms with Crippen LogP contribution in [0.3, 0.4) is 0 Å². The van der Waals surface area contributed by atoms with Crippen molar-refractivity contribution < 1.29 is 0 Å². The number of benzene rings is 10. The Balaban J connectivity index is 1.14. The van der Waals surface area contributed by atoms with Crippen LogP contribution in [0.4, 0.5) is 17.1 Å². The van der Waals surface area contributed by atoms with E-state index in [2.05, 4.69) is 254 Å². The maximum atomic E-state index is 2.53. The highest BCUT2D eigenvalue weighted by Crippen LogP contribution is 2.58. The quantitative estimate of drug-likeness (QED) is 0.149. The highest BCUT2D eigenvalue weighted by Gasteiger charge is 2.42. The van der Waals surface area contributed by atoms with Gasteiger partial charge in [0.1, 0.15) is 0 Å². The van der Waals surface area contributed by atoms with Crippen LogP contribution in [0.25, 0.3) is 66.4 Å². The van der Waals surface area contributed by atoms with Crippen LogP contribution in [0.1, 0.15) is 23.6 Å². The van der Waals surface area contributed by atoms with Crippen molar-refractivity contribution in [2.75, 3.05) is 4.90 Å². The van der Waals surface area contributed by atoms with Gasteiger partial charge in [-0.2, -0.15) is 0 Å². The maximum absolute atomic E-state index is 2.53. The molecule has 1 aliphatic rings. The molecule has 10 aromatic rings. The van der Waals surface area contributed by atoms with Gasteiger partial charge in [-0.05, 0) is 97.6 Å². The van der Waals surface area contributed by atoms with Crippen LogP contribution in [-0.2, 0) is 5.41 Å². The van der Waals surface area contributed by atoms with E-state index < -0.39 is 0 Å². The lowest BCUT2D eigenvalue weighted by molar-refractivity contribution is 0.714. The topological polar surface area (TPSA) is 3.24 Å².